The summed E-state index contributed by atoms with van der Waals surface area (Å²) in [6.07, 6.45) is 1.68. The summed E-state index contributed by atoms with van der Waals surface area (Å²) < 4.78 is 0. The van der Waals surface area contributed by atoms with Crippen molar-refractivity contribution in [1.29, 1.82) is 5.26 Å². The summed E-state index contributed by atoms with van der Waals surface area (Å²) in [6.45, 7) is 0. The first-order valence-corrected chi connectivity index (χ1v) is 3.85. The van der Waals surface area contributed by atoms with Crippen LogP contribution in [0, 0.1) is 11.3 Å². The average molecular weight is 169 g/mol. The van der Waals surface area contributed by atoms with Crippen molar-refractivity contribution in [3.63, 3.8) is 0 Å². The Morgan fingerprint density at radius 2 is 2.23 bits per heavy atom. The first kappa shape index (κ1) is 7.56. The molecular formula is C10H7N3. The van der Waals surface area contributed by atoms with E-state index in [1.165, 1.54) is 0 Å². The van der Waals surface area contributed by atoms with Gasteiger partial charge in [-0.3, -0.25) is 4.98 Å². The Morgan fingerprint density at radius 1 is 1.38 bits per heavy atom. The molecule has 0 aliphatic heterocycles. The van der Waals surface area contributed by atoms with Crippen molar-refractivity contribution in [2.75, 3.05) is 5.73 Å². The van der Waals surface area contributed by atoms with Gasteiger partial charge in [0.1, 0.15) is 0 Å². The number of pyridine rings is 1. The third-order valence-corrected chi connectivity index (χ3v) is 1.88. The van der Waals surface area contributed by atoms with Gasteiger partial charge < -0.3 is 5.73 Å². The van der Waals surface area contributed by atoms with E-state index >= 15 is 0 Å². The van der Waals surface area contributed by atoms with Gasteiger partial charge in [0.2, 0.25) is 0 Å². The summed E-state index contributed by atoms with van der Waals surface area (Å²) in [4.78, 5) is 4.12. The Morgan fingerprint density at radius 3 is 3.00 bits per heavy atom. The van der Waals surface area contributed by atoms with Gasteiger partial charge in [0.25, 0.3) is 0 Å². The summed E-state index contributed by atoms with van der Waals surface area (Å²) in [5, 5.41) is 9.58. The van der Waals surface area contributed by atoms with Crippen LogP contribution in [-0.2, 0) is 0 Å². The van der Waals surface area contributed by atoms with Gasteiger partial charge >= 0.3 is 0 Å². The zero-order valence-corrected chi connectivity index (χ0v) is 6.86. The van der Waals surface area contributed by atoms with E-state index in [-0.39, 0.29) is 0 Å². The highest BCUT2D eigenvalue weighted by Gasteiger charge is 2.00. The molecule has 13 heavy (non-hydrogen) atoms. The first-order valence-electron chi connectivity index (χ1n) is 3.85. The molecule has 0 atom stereocenters. The highest BCUT2D eigenvalue weighted by atomic mass is 14.7. The average Bonchev–Trinajstić information content (AvgIpc) is 2.18. The van der Waals surface area contributed by atoms with Crippen LogP contribution in [0.4, 0.5) is 5.69 Å². The predicted molar refractivity (Wildman–Crippen MR) is 50.9 cm³/mol. The van der Waals surface area contributed by atoms with Crippen molar-refractivity contribution >= 4 is 16.6 Å². The first-order chi connectivity index (χ1) is 6.31. The fourth-order valence-corrected chi connectivity index (χ4v) is 1.28. The van der Waals surface area contributed by atoms with E-state index in [2.05, 4.69) is 4.98 Å². The zero-order chi connectivity index (χ0) is 9.26. The summed E-state index contributed by atoms with van der Waals surface area (Å²) in [6, 6.07) is 9.14. The number of aromatic nitrogens is 1. The number of hydrogen-bond acceptors (Lipinski definition) is 3. The van der Waals surface area contributed by atoms with Crippen LogP contribution in [0.2, 0.25) is 0 Å². The lowest BCUT2D eigenvalue weighted by atomic mass is 10.1. The summed E-state index contributed by atoms with van der Waals surface area (Å²) in [5.41, 5.74) is 7.65. The van der Waals surface area contributed by atoms with Crippen LogP contribution in [-0.4, -0.2) is 4.98 Å². The molecule has 62 valence electrons. The molecule has 2 rings (SSSR count). The third-order valence-electron chi connectivity index (χ3n) is 1.88. The summed E-state index contributed by atoms with van der Waals surface area (Å²) in [7, 11) is 0. The van der Waals surface area contributed by atoms with E-state index in [1.54, 1.807) is 18.3 Å². The smallest absolute Gasteiger partial charge is 0.0993 e. The lowest BCUT2D eigenvalue weighted by Gasteiger charge is -2.00. The molecule has 1 heterocycles. The second kappa shape index (κ2) is 2.76. The van der Waals surface area contributed by atoms with Crippen molar-refractivity contribution in [3.8, 4) is 6.07 Å². The number of rotatable bonds is 0. The standard InChI is InChI=1S/C10H7N3/c11-6-7-4-9(12)8-2-1-3-13-10(8)5-7/h1-5H,12H2. The lowest BCUT2D eigenvalue weighted by molar-refractivity contribution is 1.40. The van der Waals surface area contributed by atoms with Crippen LogP contribution in [0.15, 0.2) is 30.5 Å². The Labute approximate surface area is 75.4 Å². The number of hydrogen-bond donors (Lipinski definition) is 1. The third kappa shape index (κ3) is 1.18. The summed E-state index contributed by atoms with van der Waals surface area (Å²) >= 11 is 0. The Kier molecular flexibility index (Phi) is 1.60. The van der Waals surface area contributed by atoms with Crippen molar-refractivity contribution in [2.24, 2.45) is 0 Å². The topological polar surface area (TPSA) is 62.7 Å². The number of benzene rings is 1. The van der Waals surface area contributed by atoms with E-state index < -0.39 is 0 Å². The van der Waals surface area contributed by atoms with Crippen molar-refractivity contribution in [2.45, 2.75) is 0 Å². The molecular weight excluding hydrogens is 162 g/mol. The molecule has 2 N–H and O–H groups in total. The van der Waals surface area contributed by atoms with E-state index in [1.807, 2.05) is 18.2 Å². The number of anilines is 1. The zero-order valence-electron chi connectivity index (χ0n) is 6.86. The van der Waals surface area contributed by atoms with Crippen molar-refractivity contribution in [1.82, 2.24) is 4.98 Å². The molecule has 0 amide bonds. The van der Waals surface area contributed by atoms with Gasteiger partial charge in [-0.15, -0.1) is 0 Å². The van der Waals surface area contributed by atoms with Gasteiger partial charge in [0, 0.05) is 17.3 Å². The predicted octanol–water partition coefficient (Wildman–Crippen LogP) is 1.69. The molecule has 1 aromatic heterocycles. The number of nitrogen functional groups attached to an aromatic ring is 1. The maximum absolute atomic E-state index is 8.69. The van der Waals surface area contributed by atoms with Crippen molar-refractivity contribution in [3.05, 3.63) is 36.0 Å². The minimum absolute atomic E-state index is 0.545. The van der Waals surface area contributed by atoms with Crippen molar-refractivity contribution < 1.29 is 0 Å². The Balaban J connectivity index is 2.86. The van der Waals surface area contributed by atoms with Crippen LogP contribution in [0.1, 0.15) is 5.56 Å². The maximum atomic E-state index is 8.69. The highest BCUT2D eigenvalue weighted by Crippen LogP contribution is 2.20. The molecule has 0 spiro atoms. The number of nitrogens with two attached hydrogens (primary N) is 1. The molecule has 0 aliphatic rings. The van der Waals surface area contributed by atoms with Gasteiger partial charge in [-0.2, -0.15) is 5.26 Å². The fourth-order valence-electron chi connectivity index (χ4n) is 1.28. The largest absolute Gasteiger partial charge is 0.398 e. The van der Waals surface area contributed by atoms with Crippen LogP contribution in [0.5, 0.6) is 0 Å². The maximum Gasteiger partial charge on any atom is 0.0993 e. The molecule has 1 aromatic carbocycles. The monoisotopic (exact) mass is 169 g/mol. The normalized spacial score (nSPS) is 9.77. The molecule has 0 radical (unpaired) electrons. The Hall–Kier alpha value is -2.08. The molecule has 2 aromatic rings. The molecule has 0 bridgehead atoms. The molecule has 0 unspecified atom stereocenters. The highest BCUT2D eigenvalue weighted by molar-refractivity contribution is 5.91. The van der Waals surface area contributed by atoms with Gasteiger partial charge in [-0.1, -0.05) is 0 Å². The molecule has 0 saturated heterocycles. The fraction of sp³-hybridized carbons (Fsp3) is 0. The lowest BCUT2D eigenvalue weighted by Crippen LogP contribution is -1.89. The van der Waals surface area contributed by atoms with E-state index in [0.717, 1.165) is 10.9 Å². The van der Waals surface area contributed by atoms with Gasteiger partial charge in [0.05, 0.1) is 17.1 Å². The van der Waals surface area contributed by atoms with Crippen LogP contribution < -0.4 is 5.73 Å². The number of fused-ring (bicyclic) bond motifs is 1. The SMILES string of the molecule is N#Cc1cc(N)c2cccnc2c1. The molecule has 3 heteroatoms. The second-order valence-corrected chi connectivity index (χ2v) is 2.75. The second-order valence-electron chi connectivity index (χ2n) is 2.75. The minimum atomic E-state index is 0.545. The van der Waals surface area contributed by atoms with E-state index in [9.17, 15) is 0 Å². The number of nitriles is 1. The molecule has 0 saturated carbocycles. The van der Waals surface area contributed by atoms with Crippen LogP contribution >= 0.6 is 0 Å². The molecule has 0 fully saturated rings. The molecule has 0 aliphatic carbocycles. The van der Waals surface area contributed by atoms with E-state index in [4.69, 9.17) is 11.0 Å². The van der Waals surface area contributed by atoms with Crippen LogP contribution in [0.25, 0.3) is 10.9 Å². The van der Waals surface area contributed by atoms with Gasteiger partial charge in [-0.25, -0.2) is 0 Å². The number of nitrogens with zero attached hydrogens (tertiary/aromatic N) is 2. The Bertz CT molecular complexity index is 497. The summed E-state index contributed by atoms with van der Waals surface area (Å²) in [5.74, 6) is 0. The van der Waals surface area contributed by atoms with Crippen LogP contribution in [0.3, 0.4) is 0 Å². The molecule has 3 nitrogen and oxygen atoms in total. The van der Waals surface area contributed by atoms with E-state index in [0.29, 0.717) is 11.3 Å². The van der Waals surface area contributed by atoms with Gasteiger partial charge in [0.15, 0.2) is 0 Å². The quantitative estimate of drug-likeness (QED) is 0.610. The van der Waals surface area contributed by atoms with Gasteiger partial charge in [-0.05, 0) is 24.3 Å². The minimum Gasteiger partial charge on any atom is -0.398 e.